The maximum Gasteiger partial charge on any atom is 0.322 e. The number of nitrogens with one attached hydrogen (secondary N) is 2. The van der Waals surface area contributed by atoms with E-state index in [4.69, 9.17) is 0 Å². The second-order valence-electron chi connectivity index (χ2n) is 7.71. The third-order valence-corrected chi connectivity index (χ3v) is 7.47. The molecule has 2 amide bonds. The Morgan fingerprint density at radius 1 is 1.10 bits per heavy atom. The van der Waals surface area contributed by atoms with E-state index in [0.717, 1.165) is 36.9 Å². The highest BCUT2D eigenvalue weighted by atomic mass is 79.9. The summed E-state index contributed by atoms with van der Waals surface area (Å²) < 4.78 is 42.3. The lowest BCUT2D eigenvalue weighted by atomic mass is 9.96. The molecule has 0 unspecified atom stereocenters. The molecule has 1 aliphatic heterocycles. The summed E-state index contributed by atoms with van der Waals surface area (Å²) in [5.74, 6) is -0.667. The molecule has 9 heteroatoms. The maximum absolute atomic E-state index is 14.0. The van der Waals surface area contributed by atoms with Crippen molar-refractivity contribution in [3.63, 3.8) is 0 Å². The molecule has 2 aromatic rings. The van der Waals surface area contributed by atoms with Crippen LogP contribution in [0.15, 0.2) is 45.8 Å². The van der Waals surface area contributed by atoms with Crippen LogP contribution in [0.2, 0.25) is 0 Å². The normalized spacial score (nSPS) is 16.9. The summed E-state index contributed by atoms with van der Waals surface area (Å²) in [7, 11) is -3.96. The van der Waals surface area contributed by atoms with E-state index in [1.54, 1.807) is 23.1 Å². The SMILES string of the molecule is O=C(NC1CCCCC1)N1CCc2cc(S(=O)(=O)Nc3ccc(Br)cc3F)ccc21. The molecule has 4 rings (SSSR count). The number of nitrogens with zero attached hydrogens (tertiary/aromatic N) is 1. The van der Waals surface area contributed by atoms with Crippen molar-refractivity contribution >= 4 is 43.4 Å². The molecule has 1 heterocycles. The van der Waals surface area contributed by atoms with E-state index < -0.39 is 15.8 Å². The molecule has 0 aromatic heterocycles. The van der Waals surface area contributed by atoms with Crippen molar-refractivity contribution in [3.05, 3.63) is 52.3 Å². The van der Waals surface area contributed by atoms with Crippen LogP contribution in [0.5, 0.6) is 0 Å². The van der Waals surface area contributed by atoms with Crippen LogP contribution in [0.4, 0.5) is 20.6 Å². The molecule has 2 aliphatic rings. The van der Waals surface area contributed by atoms with Gasteiger partial charge in [-0.3, -0.25) is 9.62 Å². The van der Waals surface area contributed by atoms with E-state index in [9.17, 15) is 17.6 Å². The number of halogens is 2. The first-order chi connectivity index (χ1) is 14.3. The zero-order valence-corrected chi connectivity index (χ0v) is 18.7. The lowest BCUT2D eigenvalue weighted by molar-refractivity contribution is 0.238. The molecular formula is C21H23BrFN3O3S. The third-order valence-electron chi connectivity index (χ3n) is 5.61. The van der Waals surface area contributed by atoms with Crippen molar-refractivity contribution in [3.8, 4) is 0 Å². The van der Waals surface area contributed by atoms with E-state index in [1.807, 2.05) is 0 Å². The molecule has 30 heavy (non-hydrogen) atoms. The minimum atomic E-state index is -3.96. The number of hydrogen-bond donors (Lipinski definition) is 2. The van der Waals surface area contributed by atoms with Crippen molar-refractivity contribution in [1.29, 1.82) is 0 Å². The van der Waals surface area contributed by atoms with Gasteiger partial charge in [-0.25, -0.2) is 17.6 Å². The molecule has 1 fully saturated rings. The number of rotatable bonds is 4. The maximum atomic E-state index is 14.0. The van der Waals surface area contributed by atoms with Crippen LogP contribution in [0.3, 0.4) is 0 Å². The quantitative estimate of drug-likeness (QED) is 0.639. The third kappa shape index (κ3) is 4.46. The number of benzene rings is 2. The molecule has 160 valence electrons. The first-order valence-electron chi connectivity index (χ1n) is 10.0. The molecule has 2 aromatic carbocycles. The number of carbonyl (C=O) groups is 1. The Morgan fingerprint density at radius 3 is 2.60 bits per heavy atom. The smallest absolute Gasteiger partial charge is 0.322 e. The fourth-order valence-electron chi connectivity index (χ4n) is 4.03. The summed E-state index contributed by atoms with van der Waals surface area (Å²) in [5, 5.41) is 3.10. The van der Waals surface area contributed by atoms with Gasteiger partial charge in [-0.2, -0.15) is 0 Å². The van der Waals surface area contributed by atoms with Crippen LogP contribution in [0, 0.1) is 5.82 Å². The van der Waals surface area contributed by atoms with Gasteiger partial charge in [0.05, 0.1) is 10.6 Å². The van der Waals surface area contributed by atoms with E-state index >= 15 is 0 Å². The van der Waals surface area contributed by atoms with Crippen molar-refractivity contribution in [2.45, 2.75) is 49.5 Å². The number of hydrogen-bond acceptors (Lipinski definition) is 3. The Labute approximate surface area is 184 Å². The van der Waals surface area contributed by atoms with Gasteiger partial charge in [0.1, 0.15) is 5.82 Å². The van der Waals surface area contributed by atoms with Crippen molar-refractivity contribution in [1.82, 2.24) is 5.32 Å². The molecule has 1 aliphatic carbocycles. The zero-order chi connectivity index (χ0) is 21.3. The molecule has 6 nitrogen and oxygen atoms in total. The summed E-state index contributed by atoms with van der Waals surface area (Å²) in [5.41, 5.74) is 1.39. The van der Waals surface area contributed by atoms with E-state index in [0.29, 0.717) is 17.4 Å². The molecule has 0 saturated heterocycles. The Balaban J connectivity index is 1.50. The van der Waals surface area contributed by atoms with Gasteiger partial charge in [-0.05, 0) is 61.2 Å². The predicted molar refractivity (Wildman–Crippen MR) is 118 cm³/mol. The molecule has 2 N–H and O–H groups in total. The fourth-order valence-corrected chi connectivity index (χ4v) is 5.48. The Kier molecular flexibility index (Phi) is 6.02. The van der Waals surface area contributed by atoms with Crippen LogP contribution in [-0.4, -0.2) is 27.0 Å². The molecule has 0 atom stereocenters. The monoisotopic (exact) mass is 495 g/mol. The van der Waals surface area contributed by atoms with Crippen LogP contribution in [0.25, 0.3) is 0 Å². The average molecular weight is 496 g/mol. The summed E-state index contributed by atoms with van der Waals surface area (Å²) in [6.07, 6.45) is 6.06. The lowest BCUT2D eigenvalue weighted by Gasteiger charge is -2.26. The number of urea groups is 1. The van der Waals surface area contributed by atoms with Crippen LogP contribution < -0.4 is 14.9 Å². The number of amides is 2. The number of anilines is 2. The average Bonchev–Trinajstić information content (AvgIpc) is 3.14. The molecule has 0 bridgehead atoms. The van der Waals surface area contributed by atoms with Gasteiger partial charge in [0, 0.05) is 22.7 Å². The number of sulfonamides is 1. The first-order valence-corrected chi connectivity index (χ1v) is 12.3. The van der Waals surface area contributed by atoms with Crippen molar-refractivity contribution in [2.24, 2.45) is 0 Å². The van der Waals surface area contributed by atoms with Gasteiger partial charge in [-0.1, -0.05) is 35.2 Å². The lowest BCUT2D eigenvalue weighted by Crippen LogP contribution is -2.45. The van der Waals surface area contributed by atoms with Crippen LogP contribution in [-0.2, 0) is 16.4 Å². The van der Waals surface area contributed by atoms with Crippen LogP contribution in [0.1, 0.15) is 37.7 Å². The number of carbonyl (C=O) groups excluding carboxylic acids is 1. The highest BCUT2D eigenvalue weighted by molar-refractivity contribution is 9.10. The van der Waals surface area contributed by atoms with Gasteiger partial charge < -0.3 is 5.32 Å². The Morgan fingerprint density at radius 2 is 1.87 bits per heavy atom. The molecule has 0 spiro atoms. The van der Waals surface area contributed by atoms with Gasteiger partial charge >= 0.3 is 6.03 Å². The van der Waals surface area contributed by atoms with Crippen molar-refractivity contribution in [2.75, 3.05) is 16.2 Å². The Hall–Kier alpha value is -2.13. The standard InChI is InChI=1S/C21H23BrFN3O3S/c22-15-6-8-19(18(23)13-15)25-30(28,29)17-7-9-20-14(12-17)10-11-26(20)21(27)24-16-4-2-1-3-5-16/h6-9,12-13,16,25H,1-5,10-11H2,(H,24,27). The van der Waals surface area contributed by atoms with E-state index in [-0.39, 0.29) is 22.7 Å². The van der Waals surface area contributed by atoms with Gasteiger partial charge in [0.2, 0.25) is 0 Å². The summed E-state index contributed by atoms with van der Waals surface area (Å²) in [6, 6.07) is 8.85. The largest absolute Gasteiger partial charge is 0.335 e. The predicted octanol–water partition coefficient (Wildman–Crippen LogP) is 4.79. The number of fused-ring (bicyclic) bond motifs is 1. The first kappa shape index (κ1) is 21.1. The minimum absolute atomic E-state index is 0.0399. The fraction of sp³-hybridized carbons (Fsp3) is 0.381. The second kappa shape index (κ2) is 8.55. The summed E-state index contributed by atoms with van der Waals surface area (Å²) in [6.45, 7) is 0.506. The summed E-state index contributed by atoms with van der Waals surface area (Å²) in [4.78, 5) is 14.4. The van der Waals surface area contributed by atoms with E-state index in [2.05, 4.69) is 26.0 Å². The summed E-state index contributed by atoms with van der Waals surface area (Å²) >= 11 is 3.15. The van der Waals surface area contributed by atoms with Gasteiger partial charge in [0.15, 0.2) is 0 Å². The van der Waals surface area contributed by atoms with E-state index in [1.165, 1.54) is 24.6 Å². The molecular weight excluding hydrogens is 473 g/mol. The zero-order valence-electron chi connectivity index (χ0n) is 16.3. The topological polar surface area (TPSA) is 78.5 Å². The van der Waals surface area contributed by atoms with Crippen LogP contribution >= 0.6 is 15.9 Å². The highest BCUT2D eigenvalue weighted by Crippen LogP contribution is 2.31. The minimum Gasteiger partial charge on any atom is -0.335 e. The molecule has 1 saturated carbocycles. The Bertz CT molecular complexity index is 1070. The molecule has 0 radical (unpaired) electrons. The highest BCUT2D eigenvalue weighted by Gasteiger charge is 2.28. The van der Waals surface area contributed by atoms with Gasteiger partial charge in [-0.15, -0.1) is 0 Å². The van der Waals surface area contributed by atoms with Gasteiger partial charge in [0.25, 0.3) is 10.0 Å². The second-order valence-corrected chi connectivity index (χ2v) is 10.3. The van der Waals surface area contributed by atoms with Crippen molar-refractivity contribution < 1.29 is 17.6 Å².